The predicted molar refractivity (Wildman–Crippen MR) is 76.8 cm³/mol. The van der Waals surface area contributed by atoms with Crippen LogP contribution < -0.4 is 5.73 Å². The zero-order chi connectivity index (χ0) is 13.2. The molecule has 1 atom stereocenters. The Morgan fingerprint density at radius 1 is 1.21 bits per heavy atom. The molecule has 3 rings (SSSR count). The van der Waals surface area contributed by atoms with Gasteiger partial charge in [0.05, 0.1) is 6.42 Å². The molecule has 1 amide bonds. The first-order valence-electron chi connectivity index (χ1n) is 6.74. The number of amides is 1. The molecule has 0 saturated carbocycles. The molecule has 0 radical (unpaired) electrons. The van der Waals surface area contributed by atoms with Crippen molar-refractivity contribution >= 4 is 16.7 Å². The maximum atomic E-state index is 12.3. The number of likely N-dealkylation sites (tertiary alicyclic amines) is 1. The minimum Gasteiger partial charge on any atom is -0.341 e. The largest absolute Gasteiger partial charge is 0.341 e. The number of fused-ring (bicyclic) bond motifs is 1. The van der Waals surface area contributed by atoms with Crippen molar-refractivity contribution in [2.75, 3.05) is 13.1 Å². The summed E-state index contributed by atoms with van der Waals surface area (Å²) >= 11 is 0. The third-order valence-electron chi connectivity index (χ3n) is 3.80. The van der Waals surface area contributed by atoms with Gasteiger partial charge in [-0.3, -0.25) is 4.79 Å². The van der Waals surface area contributed by atoms with E-state index in [2.05, 4.69) is 18.2 Å². The first kappa shape index (κ1) is 12.2. The summed E-state index contributed by atoms with van der Waals surface area (Å²) in [5, 5.41) is 2.35. The quantitative estimate of drug-likeness (QED) is 0.890. The minimum absolute atomic E-state index is 0.150. The van der Waals surface area contributed by atoms with E-state index in [-0.39, 0.29) is 11.9 Å². The monoisotopic (exact) mass is 254 g/mol. The molecule has 19 heavy (non-hydrogen) atoms. The lowest BCUT2D eigenvalue weighted by Gasteiger charge is -2.16. The molecule has 1 saturated heterocycles. The third kappa shape index (κ3) is 2.47. The fourth-order valence-electron chi connectivity index (χ4n) is 2.74. The van der Waals surface area contributed by atoms with Crippen molar-refractivity contribution in [2.45, 2.75) is 18.9 Å². The summed E-state index contributed by atoms with van der Waals surface area (Å²) in [7, 11) is 0. The second-order valence-electron chi connectivity index (χ2n) is 5.20. The minimum atomic E-state index is 0.150. The number of hydrogen-bond donors (Lipinski definition) is 1. The van der Waals surface area contributed by atoms with Gasteiger partial charge in [0.15, 0.2) is 0 Å². The van der Waals surface area contributed by atoms with Gasteiger partial charge >= 0.3 is 0 Å². The molecule has 0 aliphatic carbocycles. The van der Waals surface area contributed by atoms with E-state index >= 15 is 0 Å². The lowest BCUT2D eigenvalue weighted by molar-refractivity contribution is -0.129. The summed E-state index contributed by atoms with van der Waals surface area (Å²) in [4.78, 5) is 14.2. The fraction of sp³-hybridized carbons (Fsp3) is 0.312. The number of carbonyl (C=O) groups is 1. The average molecular weight is 254 g/mol. The number of rotatable bonds is 2. The predicted octanol–water partition coefficient (Wildman–Crippen LogP) is 1.94. The van der Waals surface area contributed by atoms with Crippen molar-refractivity contribution in [3.05, 3.63) is 48.0 Å². The van der Waals surface area contributed by atoms with Crippen LogP contribution >= 0.6 is 0 Å². The molecule has 1 aliphatic rings. The van der Waals surface area contributed by atoms with Gasteiger partial charge in [0.2, 0.25) is 5.91 Å². The molecule has 0 aromatic heterocycles. The lowest BCUT2D eigenvalue weighted by atomic mass is 10.0. The Morgan fingerprint density at radius 2 is 2.00 bits per heavy atom. The molecule has 1 unspecified atom stereocenters. The van der Waals surface area contributed by atoms with E-state index in [0.29, 0.717) is 13.0 Å². The highest BCUT2D eigenvalue weighted by Crippen LogP contribution is 2.20. The molecule has 1 heterocycles. The van der Waals surface area contributed by atoms with Crippen LogP contribution in [0.4, 0.5) is 0 Å². The fourth-order valence-corrected chi connectivity index (χ4v) is 2.74. The summed E-state index contributed by atoms with van der Waals surface area (Å²) in [6, 6.07) is 14.5. The standard InChI is InChI=1S/C16H18N2O/c17-14-8-9-18(11-14)16(19)10-13-6-3-5-12-4-1-2-7-15(12)13/h1-7,14H,8-11,17H2. The summed E-state index contributed by atoms with van der Waals surface area (Å²) in [5.41, 5.74) is 6.95. The Hall–Kier alpha value is -1.87. The van der Waals surface area contributed by atoms with Gasteiger partial charge in [-0.05, 0) is 22.8 Å². The third-order valence-corrected chi connectivity index (χ3v) is 3.80. The zero-order valence-corrected chi connectivity index (χ0v) is 10.9. The molecule has 2 aromatic carbocycles. The molecule has 3 heteroatoms. The number of benzene rings is 2. The van der Waals surface area contributed by atoms with Crippen LogP contribution in [0.1, 0.15) is 12.0 Å². The maximum Gasteiger partial charge on any atom is 0.227 e. The van der Waals surface area contributed by atoms with Gasteiger partial charge in [0.1, 0.15) is 0 Å². The highest BCUT2D eigenvalue weighted by atomic mass is 16.2. The Bertz CT molecular complexity index is 603. The van der Waals surface area contributed by atoms with Crippen LogP contribution in [0.15, 0.2) is 42.5 Å². The molecule has 1 fully saturated rings. The number of hydrogen-bond acceptors (Lipinski definition) is 2. The van der Waals surface area contributed by atoms with Gasteiger partial charge in [-0.15, -0.1) is 0 Å². The van der Waals surface area contributed by atoms with E-state index in [1.807, 2.05) is 29.2 Å². The summed E-state index contributed by atoms with van der Waals surface area (Å²) in [5.74, 6) is 0.185. The van der Waals surface area contributed by atoms with E-state index < -0.39 is 0 Å². The van der Waals surface area contributed by atoms with Crippen molar-refractivity contribution in [2.24, 2.45) is 5.73 Å². The molecule has 2 aromatic rings. The van der Waals surface area contributed by atoms with Crippen LogP contribution in [0.25, 0.3) is 10.8 Å². The lowest BCUT2D eigenvalue weighted by Crippen LogP contribution is -2.32. The van der Waals surface area contributed by atoms with E-state index in [4.69, 9.17) is 5.73 Å². The normalized spacial score (nSPS) is 19.0. The molecule has 1 aliphatic heterocycles. The zero-order valence-electron chi connectivity index (χ0n) is 10.9. The first-order chi connectivity index (χ1) is 9.24. The van der Waals surface area contributed by atoms with E-state index in [0.717, 1.165) is 18.5 Å². The Labute approximate surface area is 113 Å². The molecule has 3 nitrogen and oxygen atoms in total. The van der Waals surface area contributed by atoms with Gasteiger partial charge < -0.3 is 10.6 Å². The summed E-state index contributed by atoms with van der Waals surface area (Å²) in [6.45, 7) is 1.49. The second kappa shape index (κ2) is 5.02. The SMILES string of the molecule is NC1CCN(C(=O)Cc2cccc3ccccc23)C1. The summed E-state index contributed by atoms with van der Waals surface area (Å²) in [6.07, 6.45) is 1.38. The van der Waals surface area contributed by atoms with Crippen LogP contribution in [0, 0.1) is 0 Å². The van der Waals surface area contributed by atoms with E-state index in [1.165, 1.54) is 10.8 Å². The number of nitrogens with zero attached hydrogens (tertiary/aromatic N) is 1. The van der Waals surface area contributed by atoms with Crippen molar-refractivity contribution in [3.63, 3.8) is 0 Å². The second-order valence-corrected chi connectivity index (χ2v) is 5.20. The molecular formula is C16H18N2O. The van der Waals surface area contributed by atoms with Gasteiger partial charge in [-0.2, -0.15) is 0 Å². The van der Waals surface area contributed by atoms with E-state index in [1.54, 1.807) is 0 Å². The molecule has 98 valence electrons. The summed E-state index contributed by atoms with van der Waals surface area (Å²) < 4.78 is 0. The highest BCUT2D eigenvalue weighted by Gasteiger charge is 2.23. The molecule has 2 N–H and O–H groups in total. The van der Waals surface area contributed by atoms with Gasteiger partial charge in [-0.1, -0.05) is 42.5 Å². The number of carbonyl (C=O) groups excluding carboxylic acids is 1. The Morgan fingerprint density at radius 3 is 2.79 bits per heavy atom. The first-order valence-corrected chi connectivity index (χ1v) is 6.74. The van der Waals surface area contributed by atoms with Crippen LogP contribution in [0.2, 0.25) is 0 Å². The molecule has 0 bridgehead atoms. The Kier molecular flexibility index (Phi) is 3.22. The smallest absolute Gasteiger partial charge is 0.227 e. The maximum absolute atomic E-state index is 12.3. The van der Waals surface area contributed by atoms with Gasteiger partial charge in [0.25, 0.3) is 0 Å². The molecular weight excluding hydrogens is 236 g/mol. The van der Waals surface area contributed by atoms with Crippen LogP contribution in [-0.4, -0.2) is 29.9 Å². The van der Waals surface area contributed by atoms with Gasteiger partial charge in [0, 0.05) is 19.1 Å². The highest BCUT2D eigenvalue weighted by molar-refractivity contribution is 5.90. The Balaban J connectivity index is 1.83. The van der Waals surface area contributed by atoms with Crippen molar-refractivity contribution < 1.29 is 4.79 Å². The molecule has 0 spiro atoms. The van der Waals surface area contributed by atoms with Crippen molar-refractivity contribution in [1.82, 2.24) is 4.90 Å². The van der Waals surface area contributed by atoms with Crippen LogP contribution in [0.3, 0.4) is 0 Å². The van der Waals surface area contributed by atoms with Crippen LogP contribution in [-0.2, 0) is 11.2 Å². The number of nitrogens with two attached hydrogens (primary N) is 1. The van der Waals surface area contributed by atoms with Crippen molar-refractivity contribution in [3.8, 4) is 0 Å². The topological polar surface area (TPSA) is 46.3 Å². The van der Waals surface area contributed by atoms with Crippen LogP contribution in [0.5, 0.6) is 0 Å². The van der Waals surface area contributed by atoms with E-state index in [9.17, 15) is 4.79 Å². The van der Waals surface area contributed by atoms with Crippen molar-refractivity contribution in [1.29, 1.82) is 0 Å². The van der Waals surface area contributed by atoms with Gasteiger partial charge in [-0.25, -0.2) is 0 Å². The average Bonchev–Trinajstić information content (AvgIpc) is 2.86.